The summed E-state index contributed by atoms with van der Waals surface area (Å²) in [5, 5.41) is 2.69. The van der Waals surface area contributed by atoms with E-state index in [9.17, 15) is 9.59 Å². The zero-order valence-corrected chi connectivity index (χ0v) is 19.3. The smallest absolute Gasteiger partial charge is 0.407 e. The minimum Gasteiger partial charge on any atom is -0.493 e. The van der Waals surface area contributed by atoms with Crippen molar-refractivity contribution < 1.29 is 28.5 Å². The molecule has 3 rings (SSSR count). The third-order valence-electron chi connectivity index (χ3n) is 5.10. The Kier molecular flexibility index (Phi) is 8.28. The number of rotatable bonds is 10. The molecule has 3 N–H and O–H groups in total. The molecular weight excluding hydrogens is 438 g/mol. The molecule has 0 atom stereocenters. The maximum atomic E-state index is 12.5. The Labute approximate surface area is 197 Å². The van der Waals surface area contributed by atoms with Gasteiger partial charge in [0.05, 0.1) is 33.2 Å². The van der Waals surface area contributed by atoms with Crippen molar-refractivity contribution in [2.75, 3.05) is 27.1 Å². The summed E-state index contributed by atoms with van der Waals surface area (Å²) in [6.45, 7) is 0.272. The van der Waals surface area contributed by atoms with Crippen molar-refractivity contribution in [1.29, 1.82) is 0 Å². The average molecular weight is 466 g/mol. The standard InChI is InChI=1S/C25H27N3O6/c1-31-22-10-17(11-23(32-2)24(22)33-3)15-34-25(30)28-13-16-4-6-18(7-5-16)21(29)12-19-8-9-27-14-20(19)26/h4-11,14H,12-13,15,26H2,1-3H3,(H,28,30). The second kappa shape index (κ2) is 11.6. The van der Waals surface area contributed by atoms with Gasteiger partial charge in [-0.3, -0.25) is 9.78 Å². The summed E-state index contributed by atoms with van der Waals surface area (Å²) in [6, 6.07) is 12.2. The monoisotopic (exact) mass is 465 g/mol. The second-order valence-corrected chi connectivity index (χ2v) is 7.33. The zero-order valence-electron chi connectivity index (χ0n) is 19.3. The lowest BCUT2D eigenvalue weighted by Gasteiger charge is -2.14. The van der Waals surface area contributed by atoms with E-state index < -0.39 is 6.09 Å². The molecule has 3 aromatic rings. The fourth-order valence-corrected chi connectivity index (χ4v) is 3.27. The molecule has 9 heteroatoms. The Morgan fingerprint density at radius 3 is 2.21 bits per heavy atom. The van der Waals surface area contributed by atoms with E-state index in [1.807, 2.05) is 0 Å². The molecule has 0 aliphatic carbocycles. The van der Waals surface area contributed by atoms with Crippen LogP contribution in [0.4, 0.5) is 10.5 Å². The number of carbonyl (C=O) groups excluding carboxylic acids is 2. The average Bonchev–Trinajstić information content (AvgIpc) is 2.87. The predicted octanol–water partition coefficient (Wildman–Crippen LogP) is 3.54. The van der Waals surface area contributed by atoms with Gasteiger partial charge in [-0.1, -0.05) is 24.3 Å². The molecular formula is C25H27N3O6. The van der Waals surface area contributed by atoms with Crippen LogP contribution in [0.15, 0.2) is 54.9 Å². The van der Waals surface area contributed by atoms with Gasteiger partial charge in [-0.15, -0.1) is 0 Å². The number of hydrogen-bond acceptors (Lipinski definition) is 8. The number of amides is 1. The maximum Gasteiger partial charge on any atom is 0.407 e. The molecule has 0 aliphatic rings. The number of nitrogens with one attached hydrogen (secondary N) is 1. The number of carbonyl (C=O) groups is 2. The van der Waals surface area contributed by atoms with Gasteiger partial charge >= 0.3 is 6.09 Å². The van der Waals surface area contributed by atoms with E-state index in [-0.39, 0.29) is 25.4 Å². The minimum absolute atomic E-state index is 0.0219. The SMILES string of the molecule is COc1cc(COC(=O)NCc2ccc(C(=O)Cc3ccncc3N)cc2)cc(OC)c1OC. The van der Waals surface area contributed by atoms with Gasteiger partial charge in [0.15, 0.2) is 17.3 Å². The molecule has 0 saturated heterocycles. The molecule has 0 aliphatic heterocycles. The third kappa shape index (κ3) is 6.16. The molecule has 1 aromatic heterocycles. The summed E-state index contributed by atoms with van der Waals surface area (Å²) < 4.78 is 21.2. The number of hydrogen-bond donors (Lipinski definition) is 2. The van der Waals surface area contributed by atoms with Gasteiger partial charge in [-0.05, 0) is 34.9 Å². The first-order valence-electron chi connectivity index (χ1n) is 10.4. The highest BCUT2D eigenvalue weighted by atomic mass is 16.5. The van der Waals surface area contributed by atoms with Gasteiger partial charge in [0.25, 0.3) is 0 Å². The number of Topliss-reactive ketones (excluding diaryl/α,β-unsaturated/α-hetero) is 1. The Morgan fingerprint density at radius 2 is 1.62 bits per heavy atom. The van der Waals surface area contributed by atoms with Crippen LogP contribution < -0.4 is 25.3 Å². The molecule has 0 unspecified atom stereocenters. The number of nitrogens with two attached hydrogens (primary N) is 1. The number of anilines is 1. The summed E-state index contributed by atoms with van der Waals surface area (Å²) in [5.74, 6) is 1.36. The second-order valence-electron chi connectivity index (χ2n) is 7.33. The molecule has 0 saturated carbocycles. The van der Waals surface area contributed by atoms with E-state index >= 15 is 0 Å². The number of ether oxygens (including phenoxy) is 4. The van der Waals surface area contributed by atoms with E-state index in [0.29, 0.717) is 34.1 Å². The molecule has 9 nitrogen and oxygen atoms in total. The largest absolute Gasteiger partial charge is 0.493 e. The lowest BCUT2D eigenvalue weighted by molar-refractivity contribution is 0.0993. The van der Waals surface area contributed by atoms with Gasteiger partial charge < -0.3 is 30.0 Å². The van der Waals surface area contributed by atoms with Crippen molar-refractivity contribution in [3.05, 3.63) is 77.1 Å². The number of nitrogen functional groups attached to an aromatic ring is 1. The van der Waals surface area contributed by atoms with Crippen LogP contribution in [-0.2, 0) is 24.3 Å². The van der Waals surface area contributed by atoms with Crippen molar-refractivity contribution in [2.24, 2.45) is 0 Å². The van der Waals surface area contributed by atoms with E-state index in [4.69, 9.17) is 24.7 Å². The van der Waals surface area contributed by atoms with Crippen molar-refractivity contribution in [3.8, 4) is 17.2 Å². The molecule has 0 bridgehead atoms. The van der Waals surface area contributed by atoms with E-state index in [1.54, 1.807) is 48.7 Å². The fraction of sp³-hybridized carbons (Fsp3) is 0.240. The molecule has 1 heterocycles. The van der Waals surface area contributed by atoms with Crippen LogP contribution in [-0.4, -0.2) is 38.2 Å². The zero-order chi connectivity index (χ0) is 24.5. The molecule has 0 radical (unpaired) electrons. The molecule has 2 aromatic carbocycles. The first kappa shape index (κ1) is 24.4. The number of aromatic nitrogens is 1. The fourth-order valence-electron chi connectivity index (χ4n) is 3.27. The summed E-state index contributed by atoms with van der Waals surface area (Å²) in [5.41, 5.74) is 9.15. The summed E-state index contributed by atoms with van der Waals surface area (Å²) in [4.78, 5) is 28.6. The Balaban J connectivity index is 1.51. The van der Waals surface area contributed by atoms with Crippen molar-refractivity contribution in [3.63, 3.8) is 0 Å². The highest BCUT2D eigenvalue weighted by Crippen LogP contribution is 2.38. The first-order valence-corrected chi connectivity index (χ1v) is 10.4. The Hall–Kier alpha value is -4.27. The highest BCUT2D eigenvalue weighted by Gasteiger charge is 2.14. The Morgan fingerprint density at radius 1 is 0.941 bits per heavy atom. The lowest BCUT2D eigenvalue weighted by Crippen LogP contribution is -2.23. The van der Waals surface area contributed by atoms with Gasteiger partial charge in [0, 0.05) is 24.7 Å². The van der Waals surface area contributed by atoms with Crippen LogP contribution in [0.3, 0.4) is 0 Å². The normalized spacial score (nSPS) is 10.3. The summed E-state index contributed by atoms with van der Waals surface area (Å²) in [7, 11) is 4.55. The number of nitrogens with zero attached hydrogens (tertiary/aromatic N) is 1. The number of pyridine rings is 1. The Bertz CT molecular complexity index is 1120. The molecule has 1 amide bonds. The quantitative estimate of drug-likeness (QED) is 0.436. The van der Waals surface area contributed by atoms with Gasteiger partial charge in [-0.2, -0.15) is 0 Å². The number of benzene rings is 2. The molecule has 178 valence electrons. The van der Waals surface area contributed by atoms with Crippen LogP contribution in [0, 0.1) is 0 Å². The maximum absolute atomic E-state index is 12.5. The molecule has 0 spiro atoms. The van der Waals surface area contributed by atoms with E-state index in [1.165, 1.54) is 27.5 Å². The van der Waals surface area contributed by atoms with Crippen molar-refractivity contribution in [2.45, 2.75) is 19.6 Å². The lowest BCUT2D eigenvalue weighted by atomic mass is 10.0. The van der Waals surface area contributed by atoms with Crippen LogP contribution in [0.25, 0.3) is 0 Å². The molecule has 0 fully saturated rings. The van der Waals surface area contributed by atoms with E-state index in [0.717, 1.165) is 11.1 Å². The van der Waals surface area contributed by atoms with Crippen LogP contribution in [0.2, 0.25) is 0 Å². The van der Waals surface area contributed by atoms with Crippen LogP contribution in [0.5, 0.6) is 17.2 Å². The van der Waals surface area contributed by atoms with Crippen LogP contribution in [0.1, 0.15) is 27.0 Å². The third-order valence-corrected chi connectivity index (χ3v) is 5.10. The molecule has 34 heavy (non-hydrogen) atoms. The first-order chi connectivity index (χ1) is 16.4. The number of methoxy groups -OCH3 is 3. The predicted molar refractivity (Wildman–Crippen MR) is 126 cm³/mol. The summed E-state index contributed by atoms with van der Waals surface area (Å²) in [6.07, 6.45) is 2.74. The topological polar surface area (TPSA) is 122 Å². The highest BCUT2D eigenvalue weighted by molar-refractivity contribution is 5.98. The van der Waals surface area contributed by atoms with Crippen molar-refractivity contribution >= 4 is 17.6 Å². The minimum atomic E-state index is -0.581. The van der Waals surface area contributed by atoms with Crippen molar-refractivity contribution in [1.82, 2.24) is 10.3 Å². The van der Waals surface area contributed by atoms with E-state index in [2.05, 4.69) is 10.3 Å². The summed E-state index contributed by atoms with van der Waals surface area (Å²) >= 11 is 0. The number of ketones is 1. The van der Waals surface area contributed by atoms with Gasteiger partial charge in [-0.25, -0.2) is 4.79 Å². The van der Waals surface area contributed by atoms with Gasteiger partial charge in [0.1, 0.15) is 6.61 Å². The van der Waals surface area contributed by atoms with Gasteiger partial charge in [0.2, 0.25) is 5.75 Å². The van der Waals surface area contributed by atoms with Crippen LogP contribution >= 0.6 is 0 Å². The number of alkyl carbamates (subject to hydrolysis) is 1.